The molecule has 2 aromatic carbocycles. The van der Waals surface area contributed by atoms with Crippen LogP contribution >= 0.6 is 0 Å². The van der Waals surface area contributed by atoms with Crippen molar-refractivity contribution in [3.8, 4) is 5.75 Å². The molecule has 19 heavy (non-hydrogen) atoms. The van der Waals surface area contributed by atoms with Crippen molar-refractivity contribution in [1.82, 2.24) is 0 Å². The largest absolute Gasteiger partial charge is 0.423 e. The Morgan fingerprint density at radius 2 is 1.47 bits per heavy atom. The van der Waals surface area contributed by atoms with Crippen molar-refractivity contribution < 1.29 is 27.1 Å². The second kappa shape index (κ2) is 5.09. The molecule has 0 bridgehead atoms. The predicted octanol–water partition coefficient (Wildman–Crippen LogP) is 3.46. The van der Waals surface area contributed by atoms with Gasteiger partial charge in [0.05, 0.1) is 5.56 Å². The molecule has 0 saturated heterocycles. The SMILES string of the molecule is O=C(Oc1cc(F)cc(F)c1)c1ccc(F)c(F)c1. The van der Waals surface area contributed by atoms with Crippen LogP contribution in [0.25, 0.3) is 0 Å². The van der Waals surface area contributed by atoms with Gasteiger partial charge in [0.15, 0.2) is 11.6 Å². The first-order chi connectivity index (χ1) is 8.95. The summed E-state index contributed by atoms with van der Waals surface area (Å²) in [6.45, 7) is 0. The molecule has 6 heteroatoms. The first-order valence-corrected chi connectivity index (χ1v) is 5.09. The average molecular weight is 270 g/mol. The zero-order valence-corrected chi connectivity index (χ0v) is 9.29. The topological polar surface area (TPSA) is 26.3 Å². The van der Waals surface area contributed by atoms with Gasteiger partial charge >= 0.3 is 5.97 Å². The average Bonchev–Trinajstić information content (AvgIpc) is 2.31. The summed E-state index contributed by atoms with van der Waals surface area (Å²) >= 11 is 0. The highest BCUT2D eigenvalue weighted by molar-refractivity contribution is 5.91. The number of benzene rings is 2. The third kappa shape index (κ3) is 3.09. The van der Waals surface area contributed by atoms with Crippen LogP contribution < -0.4 is 4.74 Å². The molecule has 0 aromatic heterocycles. The van der Waals surface area contributed by atoms with Gasteiger partial charge in [0.25, 0.3) is 0 Å². The third-order valence-electron chi connectivity index (χ3n) is 2.20. The van der Waals surface area contributed by atoms with E-state index in [0.29, 0.717) is 12.1 Å². The van der Waals surface area contributed by atoms with Crippen LogP contribution in [0.2, 0.25) is 0 Å². The molecule has 2 rings (SSSR count). The molecule has 0 N–H and O–H groups in total. The van der Waals surface area contributed by atoms with Crippen LogP contribution in [-0.4, -0.2) is 5.97 Å². The standard InChI is InChI=1S/C13H6F4O2/c14-8-4-9(15)6-10(5-8)19-13(18)7-1-2-11(16)12(17)3-7/h1-6H. The van der Waals surface area contributed by atoms with Crippen LogP contribution in [0.4, 0.5) is 17.6 Å². The molecule has 0 spiro atoms. The zero-order valence-electron chi connectivity index (χ0n) is 9.29. The summed E-state index contributed by atoms with van der Waals surface area (Å²) in [6, 6.07) is 4.57. The van der Waals surface area contributed by atoms with E-state index in [9.17, 15) is 22.4 Å². The second-order valence-electron chi connectivity index (χ2n) is 3.62. The molecule has 0 heterocycles. The smallest absolute Gasteiger partial charge is 0.343 e. The molecule has 0 radical (unpaired) electrons. The summed E-state index contributed by atoms with van der Waals surface area (Å²) in [5.74, 6) is -5.61. The molecule has 0 fully saturated rings. The Balaban J connectivity index is 2.22. The van der Waals surface area contributed by atoms with Gasteiger partial charge in [-0.25, -0.2) is 22.4 Å². The first-order valence-electron chi connectivity index (χ1n) is 5.09. The Morgan fingerprint density at radius 3 is 2.05 bits per heavy atom. The highest BCUT2D eigenvalue weighted by Crippen LogP contribution is 2.17. The number of ether oxygens (including phenoxy) is 1. The summed E-state index contributed by atoms with van der Waals surface area (Å²) < 4.78 is 55.9. The van der Waals surface area contributed by atoms with Crippen molar-refractivity contribution in [2.75, 3.05) is 0 Å². The van der Waals surface area contributed by atoms with Crippen molar-refractivity contribution in [3.05, 3.63) is 65.2 Å². The van der Waals surface area contributed by atoms with E-state index < -0.39 is 29.2 Å². The minimum absolute atomic E-state index is 0.274. The lowest BCUT2D eigenvalue weighted by Gasteiger charge is -2.05. The molecule has 0 aliphatic carbocycles. The van der Waals surface area contributed by atoms with Crippen molar-refractivity contribution in [3.63, 3.8) is 0 Å². The normalized spacial score (nSPS) is 10.3. The second-order valence-corrected chi connectivity index (χ2v) is 3.62. The van der Waals surface area contributed by atoms with E-state index >= 15 is 0 Å². The van der Waals surface area contributed by atoms with Gasteiger partial charge < -0.3 is 4.74 Å². The van der Waals surface area contributed by atoms with Crippen LogP contribution in [-0.2, 0) is 0 Å². The lowest BCUT2D eigenvalue weighted by molar-refractivity contribution is 0.0733. The summed E-state index contributed by atoms with van der Waals surface area (Å²) in [7, 11) is 0. The summed E-state index contributed by atoms with van der Waals surface area (Å²) in [5.41, 5.74) is -0.274. The van der Waals surface area contributed by atoms with E-state index in [1.807, 2.05) is 0 Å². The Kier molecular flexibility index (Phi) is 3.50. The summed E-state index contributed by atoms with van der Waals surface area (Å²) in [4.78, 5) is 11.5. The van der Waals surface area contributed by atoms with Crippen molar-refractivity contribution in [1.29, 1.82) is 0 Å². The van der Waals surface area contributed by atoms with E-state index in [2.05, 4.69) is 4.74 Å². The van der Waals surface area contributed by atoms with Gasteiger partial charge in [-0.1, -0.05) is 0 Å². The Labute approximate surface area is 105 Å². The maximum atomic E-state index is 12.9. The van der Waals surface area contributed by atoms with Crippen LogP contribution in [0.3, 0.4) is 0 Å². The quantitative estimate of drug-likeness (QED) is 0.474. The molecular weight excluding hydrogens is 264 g/mol. The molecule has 98 valence electrons. The number of hydrogen-bond donors (Lipinski definition) is 0. The Bertz CT molecular complexity index is 620. The van der Waals surface area contributed by atoms with Gasteiger partial charge in [0.2, 0.25) is 0 Å². The number of rotatable bonds is 2. The van der Waals surface area contributed by atoms with Gasteiger partial charge in [-0.2, -0.15) is 0 Å². The van der Waals surface area contributed by atoms with Gasteiger partial charge in [0, 0.05) is 18.2 Å². The molecular formula is C13H6F4O2. The Morgan fingerprint density at radius 1 is 0.842 bits per heavy atom. The van der Waals surface area contributed by atoms with Crippen LogP contribution in [0.1, 0.15) is 10.4 Å². The minimum atomic E-state index is -1.22. The van der Waals surface area contributed by atoms with Crippen LogP contribution in [0.5, 0.6) is 5.75 Å². The molecule has 0 aliphatic rings. The molecule has 2 aromatic rings. The van der Waals surface area contributed by atoms with E-state index in [0.717, 1.165) is 24.3 Å². The number of esters is 1. The highest BCUT2D eigenvalue weighted by Gasteiger charge is 2.13. The molecule has 0 aliphatic heterocycles. The van der Waals surface area contributed by atoms with E-state index in [4.69, 9.17) is 0 Å². The number of carbonyl (C=O) groups is 1. The summed E-state index contributed by atoms with van der Waals surface area (Å²) in [6.07, 6.45) is 0. The van der Waals surface area contributed by atoms with E-state index in [1.165, 1.54) is 0 Å². The maximum absolute atomic E-state index is 12.9. The fourth-order valence-electron chi connectivity index (χ4n) is 1.38. The number of hydrogen-bond acceptors (Lipinski definition) is 2. The van der Waals surface area contributed by atoms with Crippen molar-refractivity contribution in [2.45, 2.75) is 0 Å². The van der Waals surface area contributed by atoms with E-state index in [1.54, 1.807) is 0 Å². The highest BCUT2D eigenvalue weighted by atomic mass is 19.2. The molecule has 0 unspecified atom stereocenters. The van der Waals surface area contributed by atoms with Crippen molar-refractivity contribution >= 4 is 5.97 Å². The molecule has 2 nitrogen and oxygen atoms in total. The van der Waals surface area contributed by atoms with Crippen LogP contribution in [0, 0.1) is 23.3 Å². The third-order valence-corrected chi connectivity index (χ3v) is 2.20. The predicted molar refractivity (Wildman–Crippen MR) is 57.7 cm³/mol. The lowest BCUT2D eigenvalue weighted by Crippen LogP contribution is -2.09. The maximum Gasteiger partial charge on any atom is 0.343 e. The Hall–Kier alpha value is -2.37. The molecule has 0 atom stereocenters. The fourth-order valence-corrected chi connectivity index (χ4v) is 1.38. The summed E-state index contributed by atoms with van der Waals surface area (Å²) in [5, 5.41) is 0. The first kappa shape index (κ1) is 13.1. The van der Waals surface area contributed by atoms with Crippen molar-refractivity contribution in [2.24, 2.45) is 0 Å². The van der Waals surface area contributed by atoms with Gasteiger partial charge in [-0.05, 0) is 18.2 Å². The van der Waals surface area contributed by atoms with Crippen LogP contribution in [0.15, 0.2) is 36.4 Å². The van der Waals surface area contributed by atoms with Gasteiger partial charge in [0.1, 0.15) is 17.4 Å². The monoisotopic (exact) mass is 270 g/mol. The molecule has 0 amide bonds. The minimum Gasteiger partial charge on any atom is -0.423 e. The number of halogens is 4. The van der Waals surface area contributed by atoms with Gasteiger partial charge in [-0.3, -0.25) is 0 Å². The van der Waals surface area contributed by atoms with E-state index in [-0.39, 0.29) is 11.3 Å². The zero-order chi connectivity index (χ0) is 14.0. The fraction of sp³-hybridized carbons (Fsp3) is 0. The number of carbonyl (C=O) groups excluding carboxylic acids is 1. The molecule has 0 saturated carbocycles. The van der Waals surface area contributed by atoms with Gasteiger partial charge in [-0.15, -0.1) is 0 Å². The lowest BCUT2D eigenvalue weighted by atomic mass is 10.2.